The second-order valence-corrected chi connectivity index (χ2v) is 4.12. The molecule has 1 aromatic carbocycles. The Bertz CT molecular complexity index is 524. The molecule has 6 nitrogen and oxygen atoms in total. The third-order valence-electron chi connectivity index (χ3n) is 2.68. The zero-order valence-corrected chi connectivity index (χ0v) is 10.7. The quantitative estimate of drug-likeness (QED) is 0.841. The Labute approximate surface area is 110 Å². The van der Waals surface area contributed by atoms with Gasteiger partial charge in [0.1, 0.15) is 0 Å². The fourth-order valence-electron chi connectivity index (χ4n) is 1.69. The summed E-state index contributed by atoms with van der Waals surface area (Å²) in [6.07, 6.45) is -0.198. The Morgan fingerprint density at radius 1 is 1.21 bits per heavy atom. The number of carboxylic acid groups (broad SMARTS) is 2. The van der Waals surface area contributed by atoms with Crippen LogP contribution in [0.5, 0.6) is 0 Å². The highest BCUT2D eigenvalue weighted by Crippen LogP contribution is 2.22. The van der Waals surface area contributed by atoms with Gasteiger partial charge in [0.15, 0.2) is 0 Å². The highest BCUT2D eigenvalue weighted by Gasteiger charge is 2.17. The maximum atomic E-state index is 11.6. The summed E-state index contributed by atoms with van der Waals surface area (Å²) in [5, 5.41) is 17.6. The first-order chi connectivity index (χ1) is 8.82. The van der Waals surface area contributed by atoms with Crippen LogP contribution in [0, 0.1) is 6.92 Å². The second kappa shape index (κ2) is 5.99. The molecule has 0 unspecified atom stereocenters. The summed E-state index contributed by atoms with van der Waals surface area (Å²) in [7, 11) is 0. The topological polar surface area (TPSA) is 94.9 Å². The summed E-state index contributed by atoms with van der Waals surface area (Å²) in [6, 6.07) is 4.41. The second-order valence-electron chi connectivity index (χ2n) is 4.12. The number of carbonyl (C=O) groups is 3. The average Bonchev–Trinajstić information content (AvgIpc) is 2.30. The number of aromatic carboxylic acids is 1. The van der Waals surface area contributed by atoms with Gasteiger partial charge in [0.25, 0.3) is 0 Å². The van der Waals surface area contributed by atoms with Gasteiger partial charge in [0.2, 0.25) is 5.91 Å². The minimum Gasteiger partial charge on any atom is -0.481 e. The molecule has 0 aromatic heterocycles. The van der Waals surface area contributed by atoms with Crippen molar-refractivity contribution in [2.24, 2.45) is 0 Å². The van der Waals surface area contributed by atoms with E-state index in [0.717, 1.165) is 0 Å². The van der Waals surface area contributed by atoms with E-state index < -0.39 is 11.9 Å². The standard InChI is InChI=1S/C13H15NO5/c1-8-3-4-10(13(18)19)7-11(8)14(9(2)15)6-5-12(16)17/h3-4,7H,5-6H2,1-2H3,(H,16,17)(H,18,19). The van der Waals surface area contributed by atoms with E-state index in [4.69, 9.17) is 10.2 Å². The van der Waals surface area contributed by atoms with E-state index in [2.05, 4.69) is 0 Å². The molecule has 0 fully saturated rings. The molecule has 102 valence electrons. The Hall–Kier alpha value is -2.37. The monoisotopic (exact) mass is 265 g/mol. The molecule has 0 spiro atoms. The largest absolute Gasteiger partial charge is 0.481 e. The summed E-state index contributed by atoms with van der Waals surface area (Å²) in [5.74, 6) is -2.44. The summed E-state index contributed by atoms with van der Waals surface area (Å²) in [5.41, 5.74) is 1.20. The minimum atomic E-state index is -1.09. The number of anilines is 1. The highest BCUT2D eigenvalue weighted by atomic mass is 16.4. The smallest absolute Gasteiger partial charge is 0.335 e. The first kappa shape index (κ1) is 14.7. The third kappa shape index (κ3) is 3.80. The lowest BCUT2D eigenvalue weighted by atomic mass is 10.1. The zero-order chi connectivity index (χ0) is 14.6. The van der Waals surface area contributed by atoms with Crippen LogP contribution in [-0.4, -0.2) is 34.6 Å². The molecule has 1 aromatic rings. The first-order valence-electron chi connectivity index (χ1n) is 5.66. The predicted molar refractivity (Wildman–Crippen MR) is 68.4 cm³/mol. The molecule has 0 saturated heterocycles. The SMILES string of the molecule is CC(=O)N(CCC(=O)O)c1cc(C(=O)O)ccc1C. The minimum absolute atomic E-state index is 0.00851. The Kier molecular flexibility index (Phi) is 4.63. The van der Waals surface area contributed by atoms with E-state index in [0.29, 0.717) is 11.3 Å². The van der Waals surface area contributed by atoms with E-state index in [9.17, 15) is 14.4 Å². The van der Waals surface area contributed by atoms with E-state index >= 15 is 0 Å². The molecule has 0 heterocycles. The van der Waals surface area contributed by atoms with Crippen LogP contribution < -0.4 is 4.90 Å². The van der Waals surface area contributed by atoms with E-state index in [-0.39, 0.29) is 24.4 Å². The fourth-order valence-corrected chi connectivity index (χ4v) is 1.69. The van der Waals surface area contributed by atoms with Crippen molar-refractivity contribution in [3.05, 3.63) is 29.3 Å². The van der Waals surface area contributed by atoms with Crippen LogP contribution in [0.2, 0.25) is 0 Å². The molecular weight excluding hydrogens is 250 g/mol. The highest BCUT2D eigenvalue weighted by molar-refractivity contribution is 5.95. The van der Waals surface area contributed by atoms with Crippen molar-refractivity contribution in [1.29, 1.82) is 0 Å². The third-order valence-corrected chi connectivity index (χ3v) is 2.68. The van der Waals surface area contributed by atoms with Gasteiger partial charge in [-0.15, -0.1) is 0 Å². The number of amides is 1. The number of nitrogens with zero attached hydrogens (tertiary/aromatic N) is 1. The molecule has 1 rings (SSSR count). The maximum Gasteiger partial charge on any atom is 0.335 e. The maximum absolute atomic E-state index is 11.6. The molecule has 6 heteroatoms. The molecule has 1 amide bonds. The Morgan fingerprint density at radius 2 is 1.84 bits per heavy atom. The molecule has 19 heavy (non-hydrogen) atoms. The molecule has 2 N–H and O–H groups in total. The predicted octanol–water partition coefficient (Wildman–Crippen LogP) is 1.52. The van der Waals surface area contributed by atoms with Crippen molar-refractivity contribution in [2.75, 3.05) is 11.4 Å². The van der Waals surface area contributed by atoms with Gasteiger partial charge in [-0.25, -0.2) is 4.79 Å². The molecular formula is C13H15NO5. The molecule has 0 atom stereocenters. The number of aliphatic carboxylic acids is 1. The Morgan fingerprint density at radius 3 is 2.32 bits per heavy atom. The van der Waals surface area contributed by atoms with Crippen LogP contribution in [0.15, 0.2) is 18.2 Å². The molecule has 0 bridgehead atoms. The van der Waals surface area contributed by atoms with E-state index in [1.807, 2.05) is 0 Å². The van der Waals surface area contributed by atoms with Crippen molar-refractivity contribution in [3.63, 3.8) is 0 Å². The fraction of sp³-hybridized carbons (Fsp3) is 0.308. The molecule has 0 aliphatic rings. The lowest BCUT2D eigenvalue weighted by Gasteiger charge is -2.22. The summed E-state index contributed by atoms with van der Waals surface area (Å²) < 4.78 is 0. The van der Waals surface area contributed by atoms with Gasteiger partial charge in [-0.1, -0.05) is 6.07 Å². The average molecular weight is 265 g/mol. The van der Waals surface area contributed by atoms with Crippen LogP contribution in [-0.2, 0) is 9.59 Å². The van der Waals surface area contributed by atoms with Gasteiger partial charge < -0.3 is 15.1 Å². The number of benzene rings is 1. The van der Waals surface area contributed by atoms with Crippen molar-refractivity contribution >= 4 is 23.5 Å². The Balaban J connectivity index is 3.14. The van der Waals surface area contributed by atoms with Crippen molar-refractivity contribution < 1.29 is 24.6 Å². The van der Waals surface area contributed by atoms with Gasteiger partial charge in [-0.05, 0) is 24.6 Å². The van der Waals surface area contributed by atoms with Crippen molar-refractivity contribution in [2.45, 2.75) is 20.3 Å². The van der Waals surface area contributed by atoms with Gasteiger partial charge in [0.05, 0.1) is 12.0 Å². The van der Waals surface area contributed by atoms with E-state index in [1.54, 1.807) is 13.0 Å². The van der Waals surface area contributed by atoms with Crippen LogP contribution in [0.1, 0.15) is 29.3 Å². The first-order valence-corrected chi connectivity index (χ1v) is 5.66. The van der Waals surface area contributed by atoms with Gasteiger partial charge in [0, 0.05) is 19.2 Å². The molecule has 0 aliphatic heterocycles. The summed E-state index contributed by atoms with van der Waals surface area (Å²) in [4.78, 5) is 34.4. The van der Waals surface area contributed by atoms with Gasteiger partial charge >= 0.3 is 11.9 Å². The van der Waals surface area contributed by atoms with Crippen LogP contribution >= 0.6 is 0 Å². The summed E-state index contributed by atoms with van der Waals surface area (Å²) in [6.45, 7) is 3.06. The lowest BCUT2D eigenvalue weighted by molar-refractivity contribution is -0.136. The molecule has 0 saturated carbocycles. The van der Waals surface area contributed by atoms with Crippen LogP contribution in [0.4, 0.5) is 5.69 Å². The number of carboxylic acids is 2. The lowest BCUT2D eigenvalue weighted by Crippen LogP contribution is -2.31. The molecule has 0 aliphatic carbocycles. The van der Waals surface area contributed by atoms with Gasteiger partial charge in [-0.2, -0.15) is 0 Å². The molecule has 0 radical (unpaired) electrons. The zero-order valence-electron chi connectivity index (χ0n) is 10.7. The number of hydrogen-bond donors (Lipinski definition) is 2. The number of hydrogen-bond acceptors (Lipinski definition) is 3. The van der Waals surface area contributed by atoms with Gasteiger partial charge in [-0.3, -0.25) is 9.59 Å². The van der Waals surface area contributed by atoms with Crippen LogP contribution in [0.25, 0.3) is 0 Å². The summed E-state index contributed by atoms with van der Waals surface area (Å²) >= 11 is 0. The van der Waals surface area contributed by atoms with Crippen molar-refractivity contribution in [3.8, 4) is 0 Å². The van der Waals surface area contributed by atoms with E-state index in [1.165, 1.54) is 24.0 Å². The normalized spacial score (nSPS) is 10.0. The number of rotatable bonds is 5. The van der Waals surface area contributed by atoms with Crippen molar-refractivity contribution in [1.82, 2.24) is 0 Å². The number of aryl methyl sites for hydroxylation is 1. The number of carbonyl (C=O) groups excluding carboxylic acids is 1. The van der Waals surface area contributed by atoms with Crippen LogP contribution in [0.3, 0.4) is 0 Å².